The second kappa shape index (κ2) is 7.79. The van der Waals surface area contributed by atoms with Gasteiger partial charge < -0.3 is 14.7 Å². The van der Waals surface area contributed by atoms with Crippen molar-refractivity contribution in [1.29, 1.82) is 0 Å². The smallest absolute Gasteiger partial charge is 0.410 e. The van der Waals surface area contributed by atoms with E-state index in [1.165, 1.54) is 10.5 Å². The fourth-order valence-corrected chi connectivity index (χ4v) is 3.88. The minimum Gasteiger partial charge on any atom is -0.444 e. The van der Waals surface area contributed by atoms with E-state index >= 15 is 0 Å². The SMILES string of the molecule is CSc1cccc(C2CCN(C(=O)OC(C)(C)C)C(C)C2CO)c1. The quantitative estimate of drug-likeness (QED) is 0.832. The summed E-state index contributed by atoms with van der Waals surface area (Å²) in [4.78, 5) is 15.4. The van der Waals surface area contributed by atoms with Crippen molar-refractivity contribution in [2.75, 3.05) is 19.4 Å². The molecule has 0 spiro atoms. The Morgan fingerprint density at radius 2 is 2.12 bits per heavy atom. The fraction of sp³-hybridized carbons (Fsp3) is 0.632. The van der Waals surface area contributed by atoms with Crippen LogP contribution >= 0.6 is 11.8 Å². The van der Waals surface area contributed by atoms with E-state index in [4.69, 9.17) is 4.74 Å². The predicted molar refractivity (Wildman–Crippen MR) is 98.6 cm³/mol. The van der Waals surface area contributed by atoms with Gasteiger partial charge in [0.1, 0.15) is 5.60 Å². The molecule has 0 saturated carbocycles. The van der Waals surface area contributed by atoms with Crippen LogP contribution in [-0.4, -0.2) is 47.1 Å². The molecule has 4 nitrogen and oxygen atoms in total. The van der Waals surface area contributed by atoms with Crippen molar-refractivity contribution in [1.82, 2.24) is 4.90 Å². The molecule has 1 amide bonds. The molecule has 1 aromatic rings. The lowest BCUT2D eigenvalue weighted by atomic mass is 9.77. The summed E-state index contributed by atoms with van der Waals surface area (Å²) in [6.45, 7) is 8.35. The Kier molecular flexibility index (Phi) is 6.21. The fourth-order valence-electron chi connectivity index (χ4n) is 3.41. The monoisotopic (exact) mass is 351 g/mol. The van der Waals surface area contributed by atoms with Crippen LogP contribution in [0.15, 0.2) is 29.2 Å². The molecule has 3 atom stereocenters. The average molecular weight is 352 g/mol. The van der Waals surface area contributed by atoms with Crippen LogP contribution in [0.25, 0.3) is 0 Å². The van der Waals surface area contributed by atoms with Crippen molar-refractivity contribution >= 4 is 17.9 Å². The summed E-state index contributed by atoms with van der Waals surface area (Å²) in [6, 6.07) is 8.44. The number of aliphatic hydroxyl groups is 1. The second-order valence-electron chi connectivity index (χ2n) is 7.43. The van der Waals surface area contributed by atoms with E-state index in [-0.39, 0.29) is 30.6 Å². The summed E-state index contributed by atoms with van der Waals surface area (Å²) in [5.41, 5.74) is 0.742. The molecule has 1 fully saturated rings. The molecule has 1 aliphatic rings. The van der Waals surface area contributed by atoms with E-state index in [0.717, 1.165) is 6.42 Å². The number of amides is 1. The highest BCUT2D eigenvalue weighted by molar-refractivity contribution is 7.98. The molecule has 0 aliphatic carbocycles. The molecular formula is C19H29NO3S. The Labute approximate surface area is 149 Å². The number of nitrogens with zero attached hydrogens (tertiary/aromatic N) is 1. The molecule has 2 rings (SSSR count). The number of piperidine rings is 1. The van der Waals surface area contributed by atoms with Gasteiger partial charge in [-0.15, -0.1) is 11.8 Å². The zero-order valence-electron chi connectivity index (χ0n) is 15.3. The molecule has 1 aliphatic heterocycles. The lowest BCUT2D eigenvalue weighted by Crippen LogP contribution is -2.52. The molecule has 134 valence electrons. The third-order valence-electron chi connectivity index (χ3n) is 4.67. The van der Waals surface area contributed by atoms with Crippen molar-refractivity contribution in [2.45, 2.75) is 56.6 Å². The Hall–Kier alpha value is -1.20. The molecule has 1 heterocycles. The largest absolute Gasteiger partial charge is 0.444 e. The Morgan fingerprint density at radius 1 is 1.42 bits per heavy atom. The molecule has 3 unspecified atom stereocenters. The van der Waals surface area contributed by atoms with Crippen molar-refractivity contribution in [3.05, 3.63) is 29.8 Å². The number of carbonyl (C=O) groups excluding carboxylic acids is 1. The highest BCUT2D eigenvalue weighted by atomic mass is 32.2. The molecule has 24 heavy (non-hydrogen) atoms. The number of aliphatic hydroxyl groups excluding tert-OH is 1. The second-order valence-corrected chi connectivity index (χ2v) is 8.31. The number of benzene rings is 1. The molecular weight excluding hydrogens is 322 g/mol. The lowest BCUT2D eigenvalue weighted by Gasteiger charge is -2.43. The normalized spacial score (nSPS) is 24.8. The van der Waals surface area contributed by atoms with Crippen molar-refractivity contribution in [3.63, 3.8) is 0 Å². The van der Waals surface area contributed by atoms with E-state index in [2.05, 4.69) is 30.5 Å². The van der Waals surface area contributed by atoms with Crippen molar-refractivity contribution in [3.8, 4) is 0 Å². The topological polar surface area (TPSA) is 49.8 Å². The lowest BCUT2D eigenvalue weighted by molar-refractivity contribution is -0.00763. The third-order valence-corrected chi connectivity index (χ3v) is 5.40. The van der Waals surface area contributed by atoms with Crippen LogP contribution in [0.3, 0.4) is 0 Å². The maximum atomic E-state index is 12.4. The number of thioether (sulfide) groups is 1. The first-order valence-corrected chi connectivity index (χ1v) is 9.73. The number of ether oxygens (including phenoxy) is 1. The van der Waals surface area contributed by atoms with Gasteiger partial charge in [-0.2, -0.15) is 0 Å². The van der Waals surface area contributed by atoms with Crippen LogP contribution in [0, 0.1) is 5.92 Å². The van der Waals surface area contributed by atoms with Crippen molar-refractivity contribution in [2.24, 2.45) is 5.92 Å². The highest BCUT2D eigenvalue weighted by Crippen LogP contribution is 2.38. The number of hydrogen-bond donors (Lipinski definition) is 1. The van der Waals surface area contributed by atoms with Gasteiger partial charge in [-0.25, -0.2) is 4.79 Å². The summed E-state index contributed by atoms with van der Waals surface area (Å²) in [7, 11) is 0. The van der Waals surface area contributed by atoms with Crippen LogP contribution in [0.4, 0.5) is 4.79 Å². The predicted octanol–water partition coefficient (Wildman–Crippen LogP) is 4.13. The molecule has 0 aromatic heterocycles. The first kappa shape index (κ1) is 19.1. The van der Waals surface area contributed by atoms with Gasteiger partial charge in [0.25, 0.3) is 0 Å². The zero-order chi connectivity index (χ0) is 17.9. The Balaban J connectivity index is 2.18. The number of likely N-dealkylation sites (tertiary alicyclic amines) is 1. The standard InChI is InChI=1S/C19H29NO3S/c1-13-17(12-21)16(14-7-6-8-15(11-14)24-5)9-10-20(13)18(22)23-19(2,3)4/h6-8,11,13,16-17,21H,9-10,12H2,1-5H3. The average Bonchev–Trinajstić information content (AvgIpc) is 2.52. The summed E-state index contributed by atoms with van der Waals surface area (Å²) in [6.07, 6.45) is 2.62. The first-order valence-electron chi connectivity index (χ1n) is 8.51. The number of hydrogen-bond acceptors (Lipinski definition) is 4. The first-order chi connectivity index (χ1) is 11.3. The van der Waals surface area contributed by atoms with Crippen LogP contribution in [0.5, 0.6) is 0 Å². The summed E-state index contributed by atoms with van der Waals surface area (Å²) in [5.74, 6) is 0.277. The molecule has 0 bridgehead atoms. The number of rotatable bonds is 3. The molecule has 5 heteroatoms. The minimum absolute atomic E-state index is 0.0170. The van der Waals surface area contributed by atoms with Gasteiger partial charge in [0.2, 0.25) is 0 Å². The van der Waals surface area contributed by atoms with Crippen LogP contribution in [-0.2, 0) is 4.74 Å². The maximum absolute atomic E-state index is 12.4. The maximum Gasteiger partial charge on any atom is 0.410 e. The van der Waals surface area contributed by atoms with Crippen molar-refractivity contribution < 1.29 is 14.6 Å². The van der Waals surface area contributed by atoms with E-state index in [1.54, 1.807) is 16.7 Å². The van der Waals surface area contributed by atoms with Gasteiger partial charge in [0, 0.05) is 30.0 Å². The Bertz CT molecular complexity index is 570. The van der Waals surface area contributed by atoms with Crippen LogP contribution in [0.2, 0.25) is 0 Å². The molecule has 1 aromatic carbocycles. The van der Waals surface area contributed by atoms with Gasteiger partial charge in [0.15, 0.2) is 0 Å². The van der Waals surface area contributed by atoms with Gasteiger partial charge in [-0.3, -0.25) is 0 Å². The molecule has 1 N–H and O–H groups in total. The summed E-state index contributed by atoms with van der Waals surface area (Å²) >= 11 is 1.72. The van der Waals surface area contributed by atoms with Gasteiger partial charge in [-0.05, 0) is 64.0 Å². The Morgan fingerprint density at radius 3 is 2.71 bits per heavy atom. The van der Waals surface area contributed by atoms with E-state index in [0.29, 0.717) is 6.54 Å². The molecule has 1 saturated heterocycles. The third kappa shape index (κ3) is 4.45. The summed E-state index contributed by atoms with van der Waals surface area (Å²) in [5, 5.41) is 9.97. The minimum atomic E-state index is -0.505. The van der Waals surface area contributed by atoms with Gasteiger partial charge >= 0.3 is 6.09 Å². The van der Waals surface area contributed by atoms with Crippen LogP contribution in [0.1, 0.15) is 45.6 Å². The van der Waals surface area contributed by atoms with E-state index in [1.807, 2.05) is 27.7 Å². The van der Waals surface area contributed by atoms with Gasteiger partial charge in [0.05, 0.1) is 0 Å². The van der Waals surface area contributed by atoms with Gasteiger partial charge in [-0.1, -0.05) is 12.1 Å². The molecule has 0 radical (unpaired) electrons. The highest BCUT2D eigenvalue weighted by Gasteiger charge is 2.39. The summed E-state index contributed by atoms with van der Waals surface area (Å²) < 4.78 is 5.52. The van der Waals surface area contributed by atoms with E-state index < -0.39 is 5.60 Å². The zero-order valence-corrected chi connectivity index (χ0v) is 16.1. The van der Waals surface area contributed by atoms with Crippen LogP contribution < -0.4 is 0 Å². The number of carbonyl (C=O) groups is 1. The van der Waals surface area contributed by atoms with E-state index in [9.17, 15) is 9.90 Å².